The van der Waals surface area contributed by atoms with Crippen LogP contribution in [0.25, 0.3) is 5.69 Å². The van der Waals surface area contributed by atoms with Crippen molar-refractivity contribution in [3.63, 3.8) is 0 Å². The van der Waals surface area contributed by atoms with Gasteiger partial charge in [-0.15, -0.1) is 5.10 Å². The second kappa shape index (κ2) is 7.78. The number of aromatic nitrogens is 3. The maximum absolute atomic E-state index is 12.4. The summed E-state index contributed by atoms with van der Waals surface area (Å²) in [5.74, 6) is -0.775. The minimum Gasteiger partial charge on any atom is -0.497 e. The highest BCUT2D eigenvalue weighted by atomic mass is 16.5. The van der Waals surface area contributed by atoms with Crippen LogP contribution in [-0.4, -0.2) is 45.1 Å². The second-order valence-corrected chi connectivity index (χ2v) is 6.13. The molecule has 2 N–H and O–H groups in total. The smallest absolute Gasteiger partial charge is 0.326 e. The van der Waals surface area contributed by atoms with Crippen LogP contribution >= 0.6 is 0 Å². The lowest BCUT2D eigenvalue weighted by Crippen LogP contribution is -2.42. The molecule has 1 amide bonds. The topological polar surface area (TPSA) is 106 Å². The highest BCUT2D eigenvalue weighted by molar-refractivity contribution is 5.95. The Bertz CT molecular complexity index is 753. The van der Waals surface area contributed by atoms with Gasteiger partial charge in [-0.3, -0.25) is 4.79 Å². The Morgan fingerprint density at radius 3 is 2.44 bits per heavy atom. The van der Waals surface area contributed by atoms with Gasteiger partial charge in [0.05, 0.1) is 18.5 Å². The van der Waals surface area contributed by atoms with E-state index in [1.54, 1.807) is 38.3 Å². The quantitative estimate of drug-likeness (QED) is 0.792. The summed E-state index contributed by atoms with van der Waals surface area (Å²) in [4.78, 5) is 23.7. The molecule has 2 rings (SSSR count). The van der Waals surface area contributed by atoms with E-state index in [-0.39, 0.29) is 11.6 Å². The number of methoxy groups -OCH3 is 1. The number of carbonyl (C=O) groups is 2. The molecule has 0 aliphatic heterocycles. The van der Waals surface area contributed by atoms with E-state index in [0.29, 0.717) is 17.9 Å². The molecule has 2 aromatic rings. The number of carbonyl (C=O) groups excluding carboxylic acids is 1. The molecule has 1 heterocycles. The van der Waals surface area contributed by atoms with Crippen molar-refractivity contribution in [1.29, 1.82) is 0 Å². The third-order valence-electron chi connectivity index (χ3n) is 3.74. The third-order valence-corrected chi connectivity index (χ3v) is 3.74. The molecule has 8 heteroatoms. The van der Waals surface area contributed by atoms with Crippen LogP contribution in [0.2, 0.25) is 0 Å². The number of nitrogens with zero attached hydrogens (tertiary/aromatic N) is 3. The Morgan fingerprint density at radius 2 is 1.92 bits per heavy atom. The van der Waals surface area contributed by atoms with Gasteiger partial charge in [0, 0.05) is 0 Å². The van der Waals surface area contributed by atoms with Crippen LogP contribution in [-0.2, 0) is 4.79 Å². The molecule has 0 fully saturated rings. The molecule has 0 bridgehead atoms. The SMILES string of the molecule is COc1ccc(-n2nnc(C(=O)N[C@H](CC(C)C)C(=O)O)c2C)cc1. The Balaban J connectivity index is 2.21. The maximum Gasteiger partial charge on any atom is 0.326 e. The number of rotatable bonds is 7. The second-order valence-electron chi connectivity index (χ2n) is 6.13. The lowest BCUT2D eigenvalue weighted by Gasteiger charge is -2.15. The fourth-order valence-electron chi connectivity index (χ4n) is 2.43. The van der Waals surface area contributed by atoms with Crippen LogP contribution in [0.15, 0.2) is 24.3 Å². The number of carboxylic acids is 1. The van der Waals surface area contributed by atoms with Crippen molar-refractivity contribution in [2.45, 2.75) is 33.2 Å². The average Bonchev–Trinajstić information content (AvgIpc) is 2.95. The van der Waals surface area contributed by atoms with Crippen LogP contribution in [0.4, 0.5) is 0 Å². The van der Waals surface area contributed by atoms with Crippen molar-refractivity contribution >= 4 is 11.9 Å². The van der Waals surface area contributed by atoms with Crippen molar-refractivity contribution in [1.82, 2.24) is 20.3 Å². The van der Waals surface area contributed by atoms with E-state index in [9.17, 15) is 14.7 Å². The van der Waals surface area contributed by atoms with E-state index in [4.69, 9.17) is 4.74 Å². The molecular formula is C17H22N4O4. The van der Waals surface area contributed by atoms with Crippen molar-refractivity contribution in [3.05, 3.63) is 35.7 Å². The molecule has 0 aliphatic rings. The van der Waals surface area contributed by atoms with E-state index in [2.05, 4.69) is 15.6 Å². The molecule has 0 spiro atoms. The van der Waals surface area contributed by atoms with E-state index in [0.717, 1.165) is 5.69 Å². The van der Waals surface area contributed by atoms with Gasteiger partial charge in [-0.2, -0.15) is 0 Å². The van der Waals surface area contributed by atoms with Crippen LogP contribution < -0.4 is 10.1 Å². The van der Waals surface area contributed by atoms with Gasteiger partial charge in [0.2, 0.25) is 0 Å². The fraction of sp³-hybridized carbons (Fsp3) is 0.412. The Kier molecular flexibility index (Phi) is 5.74. The van der Waals surface area contributed by atoms with Crippen molar-refractivity contribution in [3.8, 4) is 11.4 Å². The molecule has 0 saturated heterocycles. The first kappa shape index (κ1) is 18.4. The van der Waals surface area contributed by atoms with Crippen molar-refractivity contribution in [2.75, 3.05) is 7.11 Å². The molecule has 8 nitrogen and oxygen atoms in total. The summed E-state index contributed by atoms with van der Waals surface area (Å²) in [6.07, 6.45) is 0.340. The van der Waals surface area contributed by atoms with Gasteiger partial charge in [-0.1, -0.05) is 19.1 Å². The van der Waals surface area contributed by atoms with Crippen molar-refractivity contribution < 1.29 is 19.4 Å². The van der Waals surface area contributed by atoms with Gasteiger partial charge in [-0.05, 0) is 43.5 Å². The van der Waals surface area contributed by atoms with E-state index in [1.807, 2.05) is 13.8 Å². The van der Waals surface area contributed by atoms with Crippen LogP contribution in [0.5, 0.6) is 5.75 Å². The summed E-state index contributed by atoms with van der Waals surface area (Å²) in [6.45, 7) is 5.50. The minimum atomic E-state index is -1.07. The summed E-state index contributed by atoms with van der Waals surface area (Å²) >= 11 is 0. The largest absolute Gasteiger partial charge is 0.497 e. The lowest BCUT2D eigenvalue weighted by molar-refractivity contribution is -0.139. The van der Waals surface area contributed by atoms with Gasteiger partial charge >= 0.3 is 5.97 Å². The molecule has 0 radical (unpaired) electrons. The molecule has 0 aliphatic carbocycles. The van der Waals surface area contributed by atoms with Gasteiger partial charge < -0.3 is 15.2 Å². The minimum absolute atomic E-state index is 0.103. The third kappa shape index (κ3) is 4.34. The van der Waals surface area contributed by atoms with Crippen LogP contribution in [0.3, 0.4) is 0 Å². The number of hydrogen-bond donors (Lipinski definition) is 2. The first-order valence-electron chi connectivity index (χ1n) is 7.93. The maximum atomic E-state index is 12.4. The molecule has 1 atom stereocenters. The number of carboxylic acid groups (broad SMARTS) is 1. The summed E-state index contributed by atoms with van der Waals surface area (Å²) in [5, 5.41) is 19.7. The van der Waals surface area contributed by atoms with Crippen LogP contribution in [0.1, 0.15) is 36.5 Å². The molecule has 134 valence electrons. The van der Waals surface area contributed by atoms with Gasteiger partial charge in [0.15, 0.2) is 5.69 Å². The predicted molar refractivity (Wildman–Crippen MR) is 91.0 cm³/mol. The Morgan fingerprint density at radius 1 is 1.28 bits per heavy atom. The lowest BCUT2D eigenvalue weighted by atomic mass is 10.0. The van der Waals surface area contributed by atoms with Crippen LogP contribution in [0, 0.1) is 12.8 Å². The number of aliphatic carboxylic acids is 1. The first-order chi connectivity index (χ1) is 11.8. The standard InChI is InChI=1S/C17H22N4O4/c1-10(2)9-14(17(23)24)18-16(22)15-11(3)21(20-19-15)12-5-7-13(25-4)8-6-12/h5-8,10,14H,9H2,1-4H3,(H,18,22)(H,23,24)/t14-/m1/s1. The predicted octanol–water partition coefficient (Wildman–Crippen LogP) is 1.81. The zero-order chi connectivity index (χ0) is 18.6. The van der Waals surface area contributed by atoms with E-state index < -0.39 is 17.9 Å². The van der Waals surface area contributed by atoms with Gasteiger partial charge in [0.1, 0.15) is 11.8 Å². The Hall–Kier alpha value is -2.90. The monoisotopic (exact) mass is 346 g/mol. The Labute approximate surface area is 145 Å². The average molecular weight is 346 g/mol. The number of nitrogens with one attached hydrogen (secondary N) is 1. The summed E-state index contributed by atoms with van der Waals surface area (Å²) in [5.41, 5.74) is 1.35. The fourth-order valence-corrected chi connectivity index (χ4v) is 2.43. The number of amides is 1. The zero-order valence-corrected chi connectivity index (χ0v) is 14.7. The number of ether oxygens (including phenoxy) is 1. The highest BCUT2D eigenvalue weighted by Crippen LogP contribution is 2.17. The van der Waals surface area contributed by atoms with E-state index in [1.165, 1.54) is 4.68 Å². The van der Waals surface area contributed by atoms with Crippen molar-refractivity contribution in [2.24, 2.45) is 5.92 Å². The molecular weight excluding hydrogens is 324 g/mol. The first-order valence-corrected chi connectivity index (χ1v) is 7.93. The van der Waals surface area contributed by atoms with Gasteiger partial charge in [-0.25, -0.2) is 9.48 Å². The normalized spacial score (nSPS) is 12.0. The summed E-state index contributed by atoms with van der Waals surface area (Å²) in [7, 11) is 1.58. The molecule has 0 unspecified atom stereocenters. The number of hydrogen-bond acceptors (Lipinski definition) is 5. The zero-order valence-electron chi connectivity index (χ0n) is 14.7. The number of benzene rings is 1. The highest BCUT2D eigenvalue weighted by Gasteiger charge is 2.25. The summed E-state index contributed by atoms with van der Waals surface area (Å²) in [6, 6.07) is 6.18. The molecule has 0 saturated carbocycles. The molecule has 1 aromatic carbocycles. The van der Waals surface area contributed by atoms with Gasteiger partial charge in [0.25, 0.3) is 5.91 Å². The van der Waals surface area contributed by atoms with E-state index >= 15 is 0 Å². The molecule has 25 heavy (non-hydrogen) atoms. The summed E-state index contributed by atoms with van der Waals surface area (Å²) < 4.78 is 6.63. The molecule has 1 aromatic heterocycles.